The Hall–Kier alpha value is -3.55. The number of carboxylic acids is 1. The van der Waals surface area contributed by atoms with Gasteiger partial charge in [-0.3, -0.25) is 14.6 Å². The number of guanidine groups is 1. The molecule has 1 fully saturated rings. The lowest BCUT2D eigenvalue weighted by atomic mass is 10.0. The van der Waals surface area contributed by atoms with Gasteiger partial charge in [-0.2, -0.15) is 0 Å². The number of ether oxygens (including phenoxy) is 1. The number of nitrogens with zero attached hydrogens (tertiary/aromatic N) is 2. The number of carbonyl (C=O) groups excluding carboxylic acids is 1. The molecule has 186 valence electrons. The molecule has 4 rings (SSSR count). The van der Waals surface area contributed by atoms with Crippen LogP contribution in [0.15, 0.2) is 53.5 Å². The fraction of sp³-hybridized carbons (Fsp3) is 0.444. The van der Waals surface area contributed by atoms with Gasteiger partial charge in [-0.05, 0) is 66.8 Å². The summed E-state index contributed by atoms with van der Waals surface area (Å²) in [7, 11) is 0. The van der Waals surface area contributed by atoms with E-state index in [0.717, 1.165) is 31.4 Å². The Balaban J connectivity index is 1.36. The Morgan fingerprint density at radius 1 is 1.11 bits per heavy atom. The molecule has 8 heteroatoms. The van der Waals surface area contributed by atoms with E-state index >= 15 is 0 Å². The van der Waals surface area contributed by atoms with Gasteiger partial charge in [-0.1, -0.05) is 36.4 Å². The van der Waals surface area contributed by atoms with E-state index in [9.17, 15) is 14.7 Å². The van der Waals surface area contributed by atoms with E-state index in [1.807, 2.05) is 29.2 Å². The number of fused-ring (bicyclic) bond motifs is 1. The fourth-order valence-corrected chi connectivity index (χ4v) is 5.23. The number of hydrogen-bond acceptors (Lipinski definition) is 4. The average Bonchev–Trinajstić information content (AvgIpc) is 3.37. The van der Waals surface area contributed by atoms with Crippen LogP contribution in [-0.2, 0) is 28.9 Å². The number of carbonyl (C=O) groups is 2. The van der Waals surface area contributed by atoms with Gasteiger partial charge >= 0.3 is 5.97 Å². The van der Waals surface area contributed by atoms with Gasteiger partial charge in [0.25, 0.3) is 0 Å². The number of hydrogen-bond donors (Lipinski definition) is 3. The third kappa shape index (κ3) is 6.53. The van der Waals surface area contributed by atoms with Crippen molar-refractivity contribution in [3.05, 3.63) is 65.2 Å². The van der Waals surface area contributed by atoms with Crippen molar-refractivity contribution in [2.45, 2.75) is 44.6 Å². The summed E-state index contributed by atoms with van der Waals surface area (Å²) >= 11 is 0. The Morgan fingerprint density at radius 3 is 2.63 bits per heavy atom. The van der Waals surface area contributed by atoms with Crippen molar-refractivity contribution in [1.29, 1.82) is 0 Å². The van der Waals surface area contributed by atoms with Crippen LogP contribution in [-0.4, -0.2) is 53.6 Å². The van der Waals surface area contributed by atoms with Crippen LogP contribution in [0.25, 0.3) is 0 Å². The second kappa shape index (κ2) is 11.3. The van der Waals surface area contributed by atoms with Gasteiger partial charge in [0.15, 0.2) is 5.96 Å². The lowest BCUT2D eigenvalue weighted by molar-refractivity contribution is -0.142. The molecule has 1 heterocycles. The summed E-state index contributed by atoms with van der Waals surface area (Å²) in [6.45, 7) is 1.55. The number of rotatable bonds is 11. The molecule has 0 aromatic heterocycles. The van der Waals surface area contributed by atoms with Crippen LogP contribution in [0.3, 0.4) is 0 Å². The van der Waals surface area contributed by atoms with Crippen LogP contribution in [0.1, 0.15) is 36.0 Å². The summed E-state index contributed by atoms with van der Waals surface area (Å²) in [6.07, 6.45) is 3.89. The number of aryl methyl sites for hydroxylation is 1. The van der Waals surface area contributed by atoms with Crippen LogP contribution in [0.5, 0.6) is 5.75 Å². The van der Waals surface area contributed by atoms with E-state index in [0.29, 0.717) is 32.0 Å². The smallest absolute Gasteiger partial charge is 0.304 e. The Bertz CT molecular complexity index is 1070. The molecule has 1 saturated heterocycles. The molecular weight excluding hydrogens is 444 g/mol. The number of aliphatic carboxylic acids is 1. The maximum absolute atomic E-state index is 13.0. The minimum atomic E-state index is -0.942. The zero-order chi connectivity index (χ0) is 24.8. The molecule has 1 aliphatic carbocycles. The molecule has 1 aliphatic heterocycles. The van der Waals surface area contributed by atoms with Gasteiger partial charge in [0.2, 0.25) is 5.91 Å². The maximum Gasteiger partial charge on any atom is 0.304 e. The third-order valence-electron chi connectivity index (χ3n) is 6.93. The molecular formula is C27H34N4O4. The highest BCUT2D eigenvalue weighted by Gasteiger charge is 2.40. The van der Waals surface area contributed by atoms with Crippen molar-refractivity contribution in [3.8, 4) is 5.75 Å². The van der Waals surface area contributed by atoms with Gasteiger partial charge in [0.05, 0.1) is 18.4 Å². The van der Waals surface area contributed by atoms with E-state index in [4.69, 9.17) is 16.2 Å². The van der Waals surface area contributed by atoms with Gasteiger partial charge in [-0.25, -0.2) is 0 Å². The number of aliphatic imine (C=N–C) groups is 1. The first-order valence-electron chi connectivity index (χ1n) is 12.2. The second-order valence-electron chi connectivity index (χ2n) is 9.59. The molecule has 0 radical (unpaired) electrons. The van der Waals surface area contributed by atoms with E-state index < -0.39 is 11.9 Å². The number of carboxylic acid groups (broad SMARTS) is 1. The minimum Gasteiger partial charge on any atom is -0.491 e. The summed E-state index contributed by atoms with van der Waals surface area (Å²) < 4.78 is 6.14. The van der Waals surface area contributed by atoms with Gasteiger partial charge < -0.3 is 26.2 Å². The molecule has 1 amide bonds. The predicted molar refractivity (Wildman–Crippen MR) is 134 cm³/mol. The standard InChI is InChI=1S/C27H34N4O4/c28-27(29)30-16-19-11-20-8-9-24(14-21(20)12-19)35-17-23-13-22(15-25(32)33)26(34)31(23)10-4-7-18-5-2-1-3-6-18/h1-3,5-6,8-9,14,19,22-23H,4,7,10-13,15-17H2,(H,32,33)(H4,28,29,30)/t19?,22-,23-/m0/s1. The first-order valence-corrected chi connectivity index (χ1v) is 12.2. The van der Waals surface area contributed by atoms with Gasteiger partial charge in [0.1, 0.15) is 12.4 Å². The molecule has 8 nitrogen and oxygen atoms in total. The maximum atomic E-state index is 13.0. The molecule has 0 bridgehead atoms. The fourth-order valence-electron chi connectivity index (χ4n) is 5.23. The highest BCUT2D eigenvalue weighted by atomic mass is 16.5. The number of amides is 1. The lowest BCUT2D eigenvalue weighted by Crippen LogP contribution is -2.38. The summed E-state index contributed by atoms with van der Waals surface area (Å²) in [5.41, 5.74) is 14.7. The molecule has 0 saturated carbocycles. The second-order valence-corrected chi connectivity index (χ2v) is 9.59. The molecule has 3 atom stereocenters. The Morgan fingerprint density at radius 2 is 1.89 bits per heavy atom. The Kier molecular flexibility index (Phi) is 7.90. The van der Waals surface area contributed by atoms with Crippen LogP contribution in [0.2, 0.25) is 0 Å². The minimum absolute atomic E-state index is 0.0782. The average molecular weight is 479 g/mol. The summed E-state index contributed by atoms with van der Waals surface area (Å²) in [6, 6.07) is 16.1. The zero-order valence-electron chi connectivity index (χ0n) is 19.9. The van der Waals surface area contributed by atoms with Gasteiger partial charge in [-0.15, -0.1) is 0 Å². The summed E-state index contributed by atoms with van der Waals surface area (Å²) in [5.74, 6) is -0.246. The van der Waals surface area contributed by atoms with E-state index in [-0.39, 0.29) is 24.3 Å². The number of likely N-dealkylation sites (tertiary alicyclic amines) is 1. The molecule has 5 N–H and O–H groups in total. The molecule has 2 aliphatic rings. The number of benzene rings is 2. The van der Waals surface area contributed by atoms with Crippen molar-refractivity contribution in [1.82, 2.24) is 4.90 Å². The topological polar surface area (TPSA) is 131 Å². The van der Waals surface area contributed by atoms with Crippen LogP contribution in [0.4, 0.5) is 0 Å². The SMILES string of the molecule is NC(N)=NCC1Cc2ccc(OC[C@@H]3C[C@@H](CC(=O)O)C(=O)N3CCCc3ccccc3)cc2C1. The van der Waals surface area contributed by atoms with Crippen LogP contribution < -0.4 is 16.2 Å². The van der Waals surface area contributed by atoms with Crippen molar-refractivity contribution in [3.63, 3.8) is 0 Å². The first-order chi connectivity index (χ1) is 16.9. The van der Waals surface area contributed by atoms with Crippen molar-refractivity contribution >= 4 is 17.8 Å². The normalized spacial score (nSPS) is 21.1. The van der Waals surface area contributed by atoms with Crippen LogP contribution in [0, 0.1) is 11.8 Å². The molecule has 35 heavy (non-hydrogen) atoms. The number of nitrogens with two attached hydrogens (primary N) is 2. The molecule has 2 aromatic rings. The zero-order valence-corrected chi connectivity index (χ0v) is 19.9. The van der Waals surface area contributed by atoms with Crippen LogP contribution >= 0.6 is 0 Å². The molecule has 0 spiro atoms. The largest absolute Gasteiger partial charge is 0.491 e. The third-order valence-corrected chi connectivity index (χ3v) is 6.93. The quantitative estimate of drug-likeness (QED) is 0.336. The van der Waals surface area contributed by atoms with Gasteiger partial charge in [0, 0.05) is 13.1 Å². The van der Waals surface area contributed by atoms with E-state index in [2.05, 4.69) is 29.3 Å². The molecule has 2 aromatic carbocycles. The predicted octanol–water partition coefficient (Wildman–Crippen LogP) is 2.38. The Labute approximate surface area is 206 Å². The van der Waals surface area contributed by atoms with E-state index in [1.54, 1.807) is 0 Å². The lowest BCUT2D eigenvalue weighted by Gasteiger charge is -2.25. The summed E-state index contributed by atoms with van der Waals surface area (Å²) in [4.78, 5) is 30.2. The van der Waals surface area contributed by atoms with Crippen molar-refractivity contribution < 1.29 is 19.4 Å². The monoisotopic (exact) mass is 478 g/mol. The first kappa shape index (κ1) is 24.6. The van der Waals surface area contributed by atoms with E-state index in [1.165, 1.54) is 16.7 Å². The van der Waals surface area contributed by atoms with Crippen molar-refractivity contribution in [2.75, 3.05) is 19.7 Å². The highest BCUT2D eigenvalue weighted by Crippen LogP contribution is 2.32. The summed E-state index contributed by atoms with van der Waals surface area (Å²) in [5, 5.41) is 9.25. The highest BCUT2D eigenvalue weighted by molar-refractivity contribution is 5.85. The van der Waals surface area contributed by atoms with Crippen molar-refractivity contribution in [2.24, 2.45) is 28.3 Å². The molecule has 1 unspecified atom stereocenters.